The van der Waals surface area contributed by atoms with Crippen molar-refractivity contribution in [3.8, 4) is 0 Å². The van der Waals surface area contributed by atoms with Gasteiger partial charge in [-0.15, -0.1) is 0 Å². The lowest BCUT2D eigenvalue weighted by molar-refractivity contribution is -0.00945. The summed E-state index contributed by atoms with van der Waals surface area (Å²) in [6, 6.07) is 11.2. The Morgan fingerprint density at radius 1 is 1.11 bits per heavy atom. The van der Waals surface area contributed by atoms with Crippen LogP contribution in [0.15, 0.2) is 41.2 Å². The fraction of sp³-hybridized carbons (Fsp3) is 0.576. The smallest absolute Gasteiger partial charge is 0.410 e. The van der Waals surface area contributed by atoms with E-state index in [2.05, 4.69) is 19.6 Å². The summed E-state index contributed by atoms with van der Waals surface area (Å²) in [6.45, 7) is 16.4. The second-order valence-electron chi connectivity index (χ2n) is 14.2. The predicted molar refractivity (Wildman–Crippen MR) is 176 cm³/mol. The van der Waals surface area contributed by atoms with E-state index in [1.807, 2.05) is 33.8 Å². The summed E-state index contributed by atoms with van der Waals surface area (Å²) in [4.78, 5) is 27.8. The molecular formula is C33H47ClFN3O5Si. The van der Waals surface area contributed by atoms with Crippen molar-refractivity contribution in [3.63, 3.8) is 0 Å². The third kappa shape index (κ3) is 8.13. The SMILES string of the molecule is CC(OCC1(c2ccc(F)cc2)CCN(C(=O)OC(C)(C)C)CC1)c1cc(Cl)cc2c1n(COCC[Si](C)(C)C)c(=O)n2C. The number of likely N-dealkylation sites (tertiary alicyclic amines) is 1. The van der Waals surface area contributed by atoms with Gasteiger partial charge in [0.2, 0.25) is 0 Å². The van der Waals surface area contributed by atoms with Gasteiger partial charge in [0.25, 0.3) is 0 Å². The van der Waals surface area contributed by atoms with Crippen LogP contribution in [-0.4, -0.2) is 60.1 Å². The van der Waals surface area contributed by atoms with Crippen molar-refractivity contribution in [2.24, 2.45) is 7.05 Å². The Morgan fingerprint density at radius 3 is 2.34 bits per heavy atom. The predicted octanol–water partition coefficient (Wildman–Crippen LogP) is 7.49. The number of rotatable bonds is 10. The summed E-state index contributed by atoms with van der Waals surface area (Å²) >= 11 is 6.57. The molecule has 1 unspecified atom stereocenters. The fourth-order valence-electron chi connectivity index (χ4n) is 5.64. The fourth-order valence-corrected chi connectivity index (χ4v) is 6.61. The zero-order valence-corrected chi connectivity index (χ0v) is 29.1. The third-order valence-electron chi connectivity index (χ3n) is 8.33. The standard InChI is InChI=1S/C33H47ClFN3O5Si/c1-23(27-19-25(34)20-28-29(27)38(30(39)36(28)5)22-41-17-18-44(6,7)8)42-21-33(24-9-11-26(35)12-10-24)13-15-37(16-14-33)31(40)43-32(2,3)4/h9-12,19-20,23H,13-18,21-22H2,1-8H3. The van der Waals surface area contributed by atoms with Crippen LogP contribution in [0.5, 0.6) is 0 Å². The summed E-state index contributed by atoms with van der Waals surface area (Å²) in [5.74, 6) is -0.306. The molecule has 0 bridgehead atoms. The van der Waals surface area contributed by atoms with E-state index in [-0.39, 0.29) is 24.3 Å². The second kappa shape index (κ2) is 13.4. The highest BCUT2D eigenvalue weighted by Gasteiger charge is 2.39. The number of halogens is 2. The maximum Gasteiger partial charge on any atom is 0.410 e. The molecule has 3 aromatic rings. The number of fused-ring (bicyclic) bond motifs is 1. The summed E-state index contributed by atoms with van der Waals surface area (Å²) < 4.78 is 35.4. The average molecular weight is 648 g/mol. The van der Waals surface area contributed by atoms with Gasteiger partial charge in [-0.1, -0.05) is 43.4 Å². The van der Waals surface area contributed by atoms with Crippen LogP contribution < -0.4 is 5.69 Å². The van der Waals surface area contributed by atoms with Gasteiger partial charge in [-0.3, -0.25) is 9.13 Å². The first-order chi connectivity index (χ1) is 20.5. The molecule has 1 fully saturated rings. The summed E-state index contributed by atoms with van der Waals surface area (Å²) in [6.07, 6.45) is 0.481. The van der Waals surface area contributed by atoms with Crippen LogP contribution in [0.1, 0.15) is 57.8 Å². The molecule has 0 spiro atoms. The van der Waals surface area contributed by atoms with Gasteiger partial charge in [0.1, 0.15) is 18.1 Å². The molecule has 0 aliphatic carbocycles. The molecule has 1 aliphatic rings. The monoisotopic (exact) mass is 647 g/mol. The number of aryl methyl sites for hydroxylation is 1. The molecule has 2 aromatic carbocycles. The highest BCUT2D eigenvalue weighted by atomic mass is 35.5. The van der Waals surface area contributed by atoms with E-state index in [0.29, 0.717) is 49.7 Å². The van der Waals surface area contributed by atoms with Gasteiger partial charge in [0.15, 0.2) is 0 Å². The lowest BCUT2D eigenvalue weighted by Crippen LogP contribution is -2.48. The number of piperidine rings is 1. The number of hydrogen-bond donors (Lipinski definition) is 0. The second-order valence-corrected chi connectivity index (χ2v) is 20.2. The zero-order valence-electron chi connectivity index (χ0n) is 27.3. The van der Waals surface area contributed by atoms with Gasteiger partial charge in [-0.05, 0) is 76.4 Å². The molecule has 0 radical (unpaired) electrons. The van der Waals surface area contributed by atoms with Crippen molar-refractivity contribution in [1.82, 2.24) is 14.0 Å². The molecule has 0 saturated carbocycles. The number of nitrogens with zero attached hydrogens (tertiary/aromatic N) is 3. The Labute approximate surface area is 266 Å². The molecule has 1 amide bonds. The number of amides is 1. The number of imidazole rings is 1. The van der Waals surface area contributed by atoms with Crippen molar-refractivity contribution in [2.45, 2.75) is 90.1 Å². The number of carbonyl (C=O) groups is 1. The van der Waals surface area contributed by atoms with Gasteiger partial charge < -0.3 is 19.1 Å². The molecule has 1 saturated heterocycles. The molecule has 1 aromatic heterocycles. The minimum absolute atomic E-state index is 0.141. The van der Waals surface area contributed by atoms with Crippen LogP contribution in [-0.2, 0) is 33.4 Å². The van der Waals surface area contributed by atoms with Gasteiger partial charge in [-0.25, -0.2) is 14.0 Å². The molecule has 1 atom stereocenters. The van der Waals surface area contributed by atoms with Crippen LogP contribution in [0.4, 0.5) is 9.18 Å². The van der Waals surface area contributed by atoms with E-state index in [4.69, 9.17) is 25.8 Å². The zero-order chi connectivity index (χ0) is 32.4. The Bertz CT molecular complexity index is 1520. The summed E-state index contributed by atoms with van der Waals surface area (Å²) in [5.41, 5.74) is 1.98. The topological polar surface area (TPSA) is 74.9 Å². The normalized spacial score (nSPS) is 16.4. The number of ether oxygens (including phenoxy) is 3. The lowest BCUT2D eigenvalue weighted by atomic mass is 9.73. The van der Waals surface area contributed by atoms with Crippen LogP contribution >= 0.6 is 11.6 Å². The minimum atomic E-state index is -1.29. The maximum absolute atomic E-state index is 13.9. The van der Waals surface area contributed by atoms with Gasteiger partial charge >= 0.3 is 11.8 Å². The average Bonchev–Trinajstić information content (AvgIpc) is 3.17. The van der Waals surface area contributed by atoms with Gasteiger partial charge in [0.05, 0.1) is 23.7 Å². The van der Waals surface area contributed by atoms with E-state index in [1.165, 1.54) is 12.1 Å². The van der Waals surface area contributed by atoms with Crippen molar-refractivity contribution >= 4 is 36.8 Å². The van der Waals surface area contributed by atoms with E-state index in [0.717, 1.165) is 22.7 Å². The first kappa shape index (κ1) is 34.2. The van der Waals surface area contributed by atoms with E-state index in [9.17, 15) is 14.0 Å². The first-order valence-corrected chi connectivity index (χ1v) is 19.4. The highest BCUT2D eigenvalue weighted by molar-refractivity contribution is 6.76. The molecule has 8 nitrogen and oxygen atoms in total. The number of carbonyl (C=O) groups excluding carboxylic acids is 1. The molecule has 2 heterocycles. The summed E-state index contributed by atoms with van der Waals surface area (Å²) in [7, 11) is 0.448. The Balaban J connectivity index is 1.60. The van der Waals surface area contributed by atoms with Crippen molar-refractivity contribution < 1.29 is 23.4 Å². The Morgan fingerprint density at radius 2 is 1.75 bits per heavy atom. The maximum atomic E-state index is 13.9. The lowest BCUT2D eigenvalue weighted by Gasteiger charge is -2.42. The molecule has 0 N–H and O–H groups in total. The molecule has 1 aliphatic heterocycles. The molecule has 11 heteroatoms. The highest BCUT2D eigenvalue weighted by Crippen LogP contribution is 2.39. The molecule has 242 valence electrons. The van der Waals surface area contributed by atoms with Crippen LogP contribution in [0.3, 0.4) is 0 Å². The van der Waals surface area contributed by atoms with Crippen molar-refractivity contribution in [1.29, 1.82) is 0 Å². The van der Waals surface area contributed by atoms with E-state index in [1.54, 1.807) is 39.3 Å². The van der Waals surface area contributed by atoms with Gasteiger partial charge in [0, 0.05) is 50.8 Å². The third-order valence-corrected chi connectivity index (χ3v) is 10.2. The van der Waals surface area contributed by atoms with Gasteiger partial charge in [-0.2, -0.15) is 0 Å². The van der Waals surface area contributed by atoms with Crippen LogP contribution in [0, 0.1) is 5.82 Å². The Hall–Kier alpha value is -2.66. The van der Waals surface area contributed by atoms with Crippen molar-refractivity contribution in [2.75, 3.05) is 26.3 Å². The molecule has 4 rings (SSSR count). The van der Waals surface area contributed by atoms with E-state index >= 15 is 0 Å². The largest absolute Gasteiger partial charge is 0.444 e. The van der Waals surface area contributed by atoms with Crippen LogP contribution in [0.2, 0.25) is 30.7 Å². The number of benzene rings is 2. The Kier molecular flexibility index (Phi) is 10.4. The molecule has 44 heavy (non-hydrogen) atoms. The quantitative estimate of drug-likeness (QED) is 0.168. The van der Waals surface area contributed by atoms with Crippen molar-refractivity contribution in [3.05, 3.63) is 68.8 Å². The number of aromatic nitrogens is 2. The summed E-state index contributed by atoms with van der Waals surface area (Å²) in [5, 5.41) is 0.509. The van der Waals surface area contributed by atoms with Crippen LogP contribution in [0.25, 0.3) is 11.0 Å². The van der Waals surface area contributed by atoms with E-state index < -0.39 is 25.2 Å². The number of hydrogen-bond acceptors (Lipinski definition) is 5. The first-order valence-electron chi connectivity index (χ1n) is 15.3. The minimum Gasteiger partial charge on any atom is -0.444 e. The molecular weight excluding hydrogens is 601 g/mol.